The van der Waals surface area contributed by atoms with Gasteiger partial charge in [-0.05, 0) is 30.2 Å². The summed E-state index contributed by atoms with van der Waals surface area (Å²) in [5, 5.41) is 6.01. The molecule has 36 heavy (non-hydrogen) atoms. The van der Waals surface area contributed by atoms with Gasteiger partial charge in [-0.1, -0.05) is 30.3 Å². The molecule has 0 radical (unpaired) electrons. The van der Waals surface area contributed by atoms with Crippen LogP contribution in [0.2, 0.25) is 0 Å². The first-order valence-electron chi connectivity index (χ1n) is 10.1. The van der Waals surface area contributed by atoms with Gasteiger partial charge in [0, 0.05) is 5.39 Å². The van der Waals surface area contributed by atoms with E-state index in [1.54, 1.807) is 18.2 Å². The molecule has 3 N–H and O–H groups in total. The fourth-order valence-corrected chi connectivity index (χ4v) is 4.60. The van der Waals surface area contributed by atoms with Gasteiger partial charge in [0.1, 0.15) is 27.6 Å². The summed E-state index contributed by atoms with van der Waals surface area (Å²) in [6.07, 6.45) is -9.60. The van der Waals surface area contributed by atoms with Crippen LogP contribution in [0.4, 0.5) is 32.0 Å². The molecular weight excluding hydrogens is 512 g/mol. The molecule has 0 saturated carbocycles. The molecule has 0 spiro atoms. The number of nitrogens with one attached hydrogen (secondary N) is 1. The van der Waals surface area contributed by atoms with Gasteiger partial charge in [-0.2, -0.15) is 31.4 Å². The first-order chi connectivity index (χ1) is 16.8. The van der Waals surface area contributed by atoms with E-state index >= 15 is 0 Å². The van der Waals surface area contributed by atoms with Crippen LogP contribution in [-0.4, -0.2) is 26.6 Å². The summed E-state index contributed by atoms with van der Waals surface area (Å²) in [5.41, 5.74) is 3.10. The van der Waals surface area contributed by atoms with Gasteiger partial charge >= 0.3 is 12.4 Å². The Morgan fingerprint density at radius 3 is 2.31 bits per heavy atom. The minimum Gasteiger partial charge on any atom is -0.365 e. The fourth-order valence-electron chi connectivity index (χ4n) is 3.59. The number of nitrogens with two attached hydrogens (primary N) is 1. The number of carbonyl (C=O) groups is 2. The minimum atomic E-state index is -4.82. The molecule has 7 nitrogen and oxygen atoms in total. The van der Waals surface area contributed by atoms with Crippen LogP contribution in [0.15, 0.2) is 42.5 Å². The first kappa shape index (κ1) is 25.2. The molecular formula is C22H15F6N5O2S. The van der Waals surface area contributed by atoms with E-state index in [9.17, 15) is 35.9 Å². The fraction of sp³-hybridized carbons (Fsp3) is 0.182. The lowest BCUT2D eigenvalue weighted by atomic mass is 10.0. The highest BCUT2D eigenvalue weighted by Gasteiger charge is 2.37. The van der Waals surface area contributed by atoms with Gasteiger partial charge in [-0.3, -0.25) is 14.3 Å². The predicted molar refractivity (Wildman–Crippen MR) is 119 cm³/mol. The average Bonchev–Trinajstić information content (AvgIpc) is 3.33. The topological polar surface area (TPSA) is 103 Å². The number of halogens is 6. The third kappa shape index (κ3) is 4.89. The molecule has 188 valence electrons. The Labute approximate surface area is 202 Å². The lowest BCUT2D eigenvalue weighted by Gasteiger charge is -2.13. The van der Waals surface area contributed by atoms with Gasteiger partial charge in [0.15, 0.2) is 0 Å². The number of carbonyl (C=O) groups excluding carboxylic acids is 2. The van der Waals surface area contributed by atoms with Gasteiger partial charge in [-0.15, -0.1) is 11.3 Å². The third-order valence-corrected chi connectivity index (χ3v) is 6.11. The monoisotopic (exact) mass is 527 g/mol. The number of fused-ring (bicyclic) bond motifs is 1. The zero-order valence-corrected chi connectivity index (χ0v) is 19.0. The number of thiophene rings is 1. The van der Waals surface area contributed by atoms with Crippen molar-refractivity contribution in [1.29, 1.82) is 0 Å². The van der Waals surface area contributed by atoms with Crippen LogP contribution in [0.3, 0.4) is 0 Å². The molecule has 14 heteroatoms. The molecule has 4 rings (SSSR count). The van der Waals surface area contributed by atoms with Crippen LogP contribution in [0.5, 0.6) is 0 Å². The molecule has 0 unspecified atom stereocenters. The van der Waals surface area contributed by atoms with E-state index < -0.39 is 42.1 Å². The van der Waals surface area contributed by atoms with Crippen LogP contribution in [0, 0.1) is 6.92 Å². The maximum atomic E-state index is 13.5. The quantitative estimate of drug-likeness (QED) is 0.347. The number of hydrogen-bond donors (Lipinski definition) is 2. The van der Waals surface area contributed by atoms with Crippen molar-refractivity contribution in [3.05, 3.63) is 64.4 Å². The largest absolute Gasteiger partial charge is 0.433 e. The first-order valence-corrected chi connectivity index (χ1v) is 10.9. The summed E-state index contributed by atoms with van der Waals surface area (Å²) in [5.74, 6) is -2.07. The normalized spacial score (nSPS) is 12.2. The number of aryl methyl sites for hydroxylation is 1. The molecule has 0 aliphatic carbocycles. The van der Waals surface area contributed by atoms with Gasteiger partial charge in [0.2, 0.25) is 5.91 Å². The van der Waals surface area contributed by atoms with Gasteiger partial charge < -0.3 is 11.1 Å². The average molecular weight is 527 g/mol. The van der Waals surface area contributed by atoms with Crippen molar-refractivity contribution in [2.45, 2.75) is 25.8 Å². The lowest BCUT2D eigenvalue weighted by Crippen LogP contribution is -2.24. The predicted octanol–water partition coefficient (Wildman–Crippen LogP) is 5.24. The van der Waals surface area contributed by atoms with Crippen molar-refractivity contribution in [1.82, 2.24) is 14.8 Å². The Balaban J connectivity index is 1.86. The van der Waals surface area contributed by atoms with E-state index in [1.807, 2.05) is 0 Å². The second-order valence-corrected chi connectivity index (χ2v) is 8.64. The highest BCUT2D eigenvalue weighted by molar-refractivity contribution is 7.21. The Kier molecular flexibility index (Phi) is 6.24. The van der Waals surface area contributed by atoms with Gasteiger partial charge in [0.25, 0.3) is 5.91 Å². The van der Waals surface area contributed by atoms with Crippen molar-refractivity contribution in [2.75, 3.05) is 5.32 Å². The van der Waals surface area contributed by atoms with Crippen molar-refractivity contribution in [3.63, 3.8) is 0 Å². The summed E-state index contributed by atoms with van der Waals surface area (Å²) in [6, 6.07) is 9.36. The molecule has 0 aliphatic heterocycles. The van der Waals surface area contributed by atoms with E-state index in [0.717, 1.165) is 12.1 Å². The van der Waals surface area contributed by atoms with Crippen molar-refractivity contribution in [2.24, 2.45) is 5.73 Å². The molecule has 0 saturated heterocycles. The summed E-state index contributed by atoms with van der Waals surface area (Å²) in [7, 11) is 0. The number of aromatic nitrogens is 3. The Morgan fingerprint density at radius 2 is 1.72 bits per heavy atom. The molecule has 0 bridgehead atoms. The highest BCUT2D eigenvalue weighted by atomic mass is 32.1. The van der Waals surface area contributed by atoms with Crippen LogP contribution >= 0.6 is 11.3 Å². The molecule has 0 atom stereocenters. The second-order valence-electron chi connectivity index (χ2n) is 7.64. The number of benzene rings is 1. The molecule has 4 aromatic rings. The van der Waals surface area contributed by atoms with Crippen molar-refractivity contribution < 1.29 is 35.9 Å². The van der Waals surface area contributed by atoms with Gasteiger partial charge in [0.05, 0.1) is 11.4 Å². The standard InChI is InChI=1S/C22H15F6N5O2S/c1-10-7-14(22(26,27)28)33(32-10)9-15(34)31-17-16-12(11-5-3-2-4-6-11)8-13(21(23,24)25)30-20(16)36-18(17)19(29)35/h2-8H,9H2,1H3,(H2,29,35)(H,31,34). The Bertz CT molecular complexity index is 1470. The van der Waals surface area contributed by atoms with Crippen molar-refractivity contribution >= 4 is 39.1 Å². The Hall–Kier alpha value is -3.94. The highest BCUT2D eigenvalue weighted by Crippen LogP contribution is 2.43. The van der Waals surface area contributed by atoms with Crippen LogP contribution in [0.1, 0.15) is 26.8 Å². The smallest absolute Gasteiger partial charge is 0.365 e. The summed E-state index contributed by atoms with van der Waals surface area (Å²) in [6.45, 7) is 0.435. The van der Waals surface area contributed by atoms with Crippen LogP contribution in [-0.2, 0) is 23.7 Å². The molecule has 2 amide bonds. The molecule has 0 aliphatic rings. The lowest BCUT2D eigenvalue weighted by molar-refractivity contribution is -0.144. The number of rotatable bonds is 5. The molecule has 0 fully saturated rings. The van der Waals surface area contributed by atoms with E-state index in [4.69, 9.17) is 5.73 Å². The molecule has 3 heterocycles. The van der Waals surface area contributed by atoms with E-state index in [2.05, 4.69) is 15.4 Å². The number of anilines is 1. The summed E-state index contributed by atoms with van der Waals surface area (Å²) in [4.78, 5) is 27.9. The van der Waals surface area contributed by atoms with Crippen LogP contribution < -0.4 is 11.1 Å². The van der Waals surface area contributed by atoms with Crippen LogP contribution in [0.25, 0.3) is 21.3 Å². The van der Waals surface area contributed by atoms with E-state index in [1.165, 1.54) is 19.1 Å². The second kappa shape index (κ2) is 8.93. The zero-order chi connectivity index (χ0) is 26.4. The number of hydrogen-bond acceptors (Lipinski definition) is 5. The number of nitrogens with zero attached hydrogens (tertiary/aromatic N) is 3. The van der Waals surface area contributed by atoms with E-state index in [-0.39, 0.29) is 32.0 Å². The summed E-state index contributed by atoms with van der Waals surface area (Å²) < 4.78 is 81.0. The number of amides is 2. The molecule has 3 aromatic heterocycles. The summed E-state index contributed by atoms with van der Waals surface area (Å²) >= 11 is 0.528. The Morgan fingerprint density at radius 1 is 1.06 bits per heavy atom. The van der Waals surface area contributed by atoms with Gasteiger partial charge in [-0.25, -0.2) is 4.98 Å². The number of pyridine rings is 1. The minimum absolute atomic E-state index is 0.00195. The third-order valence-electron chi connectivity index (χ3n) is 5.01. The SMILES string of the molecule is Cc1cc(C(F)(F)F)n(CC(=O)Nc2c(C(N)=O)sc3nc(C(F)(F)F)cc(-c4ccccc4)c23)n1. The number of primary amides is 1. The molecule has 1 aromatic carbocycles. The number of alkyl halides is 6. The van der Waals surface area contributed by atoms with Crippen molar-refractivity contribution in [3.8, 4) is 11.1 Å². The van der Waals surface area contributed by atoms with E-state index in [0.29, 0.717) is 21.6 Å². The maximum Gasteiger partial charge on any atom is 0.433 e. The zero-order valence-electron chi connectivity index (χ0n) is 18.2. The maximum absolute atomic E-state index is 13.5.